The Bertz CT molecular complexity index is 590. The Balaban J connectivity index is 2.08. The lowest BCUT2D eigenvalue weighted by Gasteiger charge is -2.31. The number of hydrogen-bond donors (Lipinski definition) is 0. The third-order valence-corrected chi connectivity index (χ3v) is 4.48. The van der Waals surface area contributed by atoms with Crippen molar-refractivity contribution in [1.29, 1.82) is 0 Å². The van der Waals surface area contributed by atoms with E-state index in [1.54, 1.807) is 0 Å². The minimum atomic E-state index is 0.588. The molecule has 2 aromatic heterocycles. The standard InChI is InChI=1S/C18H22N2/c1-12(2)14-8-7-13(3)15-9-10-17(20-18(14)15)16-6-4-5-11-19-16/h4-6,9-14H,7-8H2,1-3H3/t13-,14+/m1/s1. The predicted octanol–water partition coefficient (Wildman–Crippen LogP) is 4.78. The molecule has 2 heteroatoms. The molecule has 0 radical (unpaired) electrons. The molecule has 0 fully saturated rings. The lowest BCUT2D eigenvalue weighted by atomic mass is 9.75. The number of pyridine rings is 2. The highest BCUT2D eigenvalue weighted by molar-refractivity contribution is 5.55. The quantitative estimate of drug-likeness (QED) is 0.781. The molecular formula is C18H22N2. The molecule has 0 aliphatic heterocycles. The normalized spacial score (nSPS) is 21.8. The maximum Gasteiger partial charge on any atom is 0.0889 e. The van der Waals surface area contributed by atoms with E-state index in [0.29, 0.717) is 17.8 Å². The highest BCUT2D eigenvalue weighted by Crippen LogP contribution is 2.41. The Morgan fingerprint density at radius 1 is 1.05 bits per heavy atom. The Morgan fingerprint density at radius 2 is 1.90 bits per heavy atom. The summed E-state index contributed by atoms with van der Waals surface area (Å²) in [5.41, 5.74) is 4.72. The number of rotatable bonds is 2. The Labute approximate surface area is 121 Å². The third-order valence-electron chi connectivity index (χ3n) is 4.48. The second kappa shape index (κ2) is 5.35. The summed E-state index contributed by atoms with van der Waals surface area (Å²) in [4.78, 5) is 9.40. The Hall–Kier alpha value is -1.70. The largest absolute Gasteiger partial charge is 0.255 e. The molecule has 0 saturated heterocycles. The van der Waals surface area contributed by atoms with Crippen molar-refractivity contribution in [3.05, 3.63) is 47.8 Å². The van der Waals surface area contributed by atoms with Crippen LogP contribution in [0.15, 0.2) is 36.5 Å². The monoisotopic (exact) mass is 266 g/mol. The molecule has 2 nitrogen and oxygen atoms in total. The predicted molar refractivity (Wildman–Crippen MR) is 82.7 cm³/mol. The molecule has 1 aliphatic carbocycles. The van der Waals surface area contributed by atoms with Crippen molar-refractivity contribution in [3.63, 3.8) is 0 Å². The van der Waals surface area contributed by atoms with Crippen LogP contribution in [-0.2, 0) is 0 Å². The van der Waals surface area contributed by atoms with Crippen LogP contribution in [0.4, 0.5) is 0 Å². The van der Waals surface area contributed by atoms with Gasteiger partial charge in [-0.3, -0.25) is 9.97 Å². The molecule has 0 unspecified atom stereocenters. The molecule has 0 saturated carbocycles. The molecule has 1 aliphatic rings. The molecular weight excluding hydrogens is 244 g/mol. The van der Waals surface area contributed by atoms with Gasteiger partial charge < -0.3 is 0 Å². The highest BCUT2D eigenvalue weighted by Gasteiger charge is 2.28. The van der Waals surface area contributed by atoms with Crippen LogP contribution in [-0.4, -0.2) is 9.97 Å². The second-order valence-electron chi connectivity index (χ2n) is 6.21. The number of hydrogen-bond acceptors (Lipinski definition) is 2. The summed E-state index contributed by atoms with van der Waals surface area (Å²) >= 11 is 0. The second-order valence-corrected chi connectivity index (χ2v) is 6.21. The first-order valence-corrected chi connectivity index (χ1v) is 7.59. The van der Waals surface area contributed by atoms with Gasteiger partial charge in [-0.25, -0.2) is 0 Å². The fraction of sp³-hybridized carbons (Fsp3) is 0.444. The van der Waals surface area contributed by atoms with Gasteiger partial charge in [0.25, 0.3) is 0 Å². The van der Waals surface area contributed by atoms with Crippen molar-refractivity contribution in [1.82, 2.24) is 9.97 Å². The summed E-state index contributed by atoms with van der Waals surface area (Å²) in [6.45, 7) is 6.93. The molecule has 2 atom stereocenters. The number of fused-ring (bicyclic) bond motifs is 1. The van der Waals surface area contributed by atoms with Crippen molar-refractivity contribution in [2.75, 3.05) is 0 Å². The van der Waals surface area contributed by atoms with Gasteiger partial charge in [0.05, 0.1) is 11.4 Å². The summed E-state index contributed by atoms with van der Waals surface area (Å²) in [7, 11) is 0. The Kier molecular flexibility index (Phi) is 3.56. The molecule has 2 heterocycles. The van der Waals surface area contributed by atoms with Crippen molar-refractivity contribution >= 4 is 0 Å². The molecule has 2 aromatic rings. The van der Waals surface area contributed by atoms with Crippen molar-refractivity contribution in [2.45, 2.75) is 45.4 Å². The van der Waals surface area contributed by atoms with Gasteiger partial charge in [-0.15, -0.1) is 0 Å². The fourth-order valence-corrected chi connectivity index (χ4v) is 3.23. The number of nitrogens with zero attached hydrogens (tertiary/aromatic N) is 2. The van der Waals surface area contributed by atoms with E-state index < -0.39 is 0 Å². The minimum Gasteiger partial charge on any atom is -0.255 e. The van der Waals surface area contributed by atoms with Gasteiger partial charge in [0.15, 0.2) is 0 Å². The number of aromatic nitrogens is 2. The third kappa shape index (κ3) is 2.35. The zero-order valence-electron chi connectivity index (χ0n) is 12.5. The summed E-state index contributed by atoms with van der Waals surface area (Å²) < 4.78 is 0. The van der Waals surface area contributed by atoms with E-state index in [1.165, 1.54) is 24.1 Å². The van der Waals surface area contributed by atoms with E-state index in [4.69, 9.17) is 4.98 Å². The zero-order chi connectivity index (χ0) is 14.1. The van der Waals surface area contributed by atoms with Crippen LogP contribution in [0.1, 0.15) is 56.7 Å². The molecule has 0 aromatic carbocycles. The van der Waals surface area contributed by atoms with E-state index in [1.807, 2.05) is 24.4 Å². The van der Waals surface area contributed by atoms with Crippen LogP contribution in [0.2, 0.25) is 0 Å². The van der Waals surface area contributed by atoms with E-state index >= 15 is 0 Å². The van der Waals surface area contributed by atoms with Crippen LogP contribution >= 0.6 is 0 Å². The molecule has 0 amide bonds. The summed E-state index contributed by atoms with van der Waals surface area (Å²) in [5, 5.41) is 0. The molecule has 3 rings (SSSR count). The van der Waals surface area contributed by atoms with Crippen molar-refractivity contribution in [3.8, 4) is 11.4 Å². The van der Waals surface area contributed by atoms with Crippen molar-refractivity contribution < 1.29 is 0 Å². The van der Waals surface area contributed by atoms with E-state index in [2.05, 4.69) is 37.9 Å². The molecule has 20 heavy (non-hydrogen) atoms. The molecule has 0 N–H and O–H groups in total. The molecule has 0 bridgehead atoms. The van der Waals surface area contributed by atoms with Crippen LogP contribution in [0, 0.1) is 5.92 Å². The fourth-order valence-electron chi connectivity index (χ4n) is 3.23. The average Bonchev–Trinajstić information content (AvgIpc) is 2.48. The zero-order valence-corrected chi connectivity index (χ0v) is 12.5. The van der Waals surface area contributed by atoms with Crippen LogP contribution < -0.4 is 0 Å². The van der Waals surface area contributed by atoms with Crippen molar-refractivity contribution in [2.24, 2.45) is 5.92 Å². The molecule has 0 spiro atoms. The lowest BCUT2D eigenvalue weighted by molar-refractivity contribution is 0.401. The van der Waals surface area contributed by atoms with Gasteiger partial charge >= 0.3 is 0 Å². The smallest absolute Gasteiger partial charge is 0.0889 e. The maximum atomic E-state index is 4.97. The van der Waals surface area contributed by atoms with E-state index in [9.17, 15) is 0 Å². The van der Waals surface area contributed by atoms with Crippen LogP contribution in [0.25, 0.3) is 11.4 Å². The first kappa shape index (κ1) is 13.3. The first-order chi connectivity index (χ1) is 9.66. The van der Waals surface area contributed by atoms with Gasteiger partial charge in [-0.2, -0.15) is 0 Å². The van der Waals surface area contributed by atoms with Crippen LogP contribution in [0.5, 0.6) is 0 Å². The topological polar surface area (TPSA) is 25.8 Å². The summed E-state index contributed by atoms with van der Waals surface area (Å²) in [5.74, 6) is 1.86. The SMILES string of the molecule is CC(C)[C@@H]1CC[C@@H](C)c2ccc(-c3ccccn3)nc21. The minimum absolute atomic E-state index is 0.588. The van der Waals surface area contributed by atoms with Crippen LogP contribution in [0.3, 0.4) is 0 Å². The van der Waals surface area contributed by atoms with E-state index in [-0.39, 0.29) is 0 Å². The lowest BCUT2D eigenvalue weighted by Crippen LogP contribution is -2.19. The maximum absolute atomic E-state index is 4.97. The highest BCUT2D eigenvalue weighted by atomic mass is 14.8. The summed E-state index contributed by atoms with van der Waals surface area (Å²) in [6.07, 6.45) is 4.37. The average molecular weight is 266 g/mol. The van der Waals surface area contributed by atoms with Gasteiger partial charge in [0.1, 0.15) is 0 Å². The van der Waals surface area contributed by atoms with Gasteiger partial charge in [-0.05, 0) is 48.4 Å². The van der Waals surface area contributed by atoms with E-state index in [0.717, 1.165) is 11.4 Å². The van der Waals surface area contributed by atoms with Gasteiger partial charge in [-0.1, -0.05) is 32.9 Å². The first-order valence-electron chi connectivity index (χ1n) is 7.59. The molecule has 104 valence electrons. The van der Waals surface area contributed by atoms with Gasteiger partial charge in [0.2, 0.25) is 0 Å². The Morgan fingerprint density at radius 3 is 2.60 bits per heavy atom. The van der Waals surface area contributed by atoms with Gasteiger partial charge in [0, 0.05) is 17.8 Å². The summed E-state index contributed by atoms with van der Waals surface area (Å²) in [6, 6.07) is 10.4.